The number of halogens is 1. The van der Waals surface area contributed by atoms with E-state index < -0.39 is 0 Å². The standard InChI is InChI=1S/C19H26N6.HI/c1-2-15-6-3-8-17(12-15)24-18(20)23-13-16-7-4-11-25(14-16)19-21-9-5-10-22-19;/h3,5-6,8-10,12,16H,2,4,7,11,13-14H2,1H3,(H3,20,23,24);1H. The number of rotatable bonds is 5. The first kappa shape index (κ1) is 20.4. The monoisotopic (exact) mass is 466 g/mol. The second-order valence-electron chi connectivity index (χ2n) is 6.41. The molecule has 2 heterocycles. The Labute approximate surface area is 172 Å². The minimum absolute atomic E-state index is 0. The van der Waals surface area contributed by atoms with E-state index in [1.165, 1.54) is 5.56 Å². The summed E-state index contributed by atoms with van der Waals surface area (Å²) >= 11 is 0. The molecule has 0 saturated carbocycles. The van der Waals surface area contributed by atoms with Crippen LogP contribution in [0.2, 0.25) is 0 Å². The molecule has 3 rings (SSSR count). The lowest BCUT2D eigenvalue weighted by atomic mass is 9.98. The molecule has 1 atom stereocenters. The minimum atomic E-state index is 0. The molecule has 1 saturated heterocycles. The Bertz CT molecular complexity index is 706. The Balaban J connectivity index is 0.00000243. The molecule has 26 heavy (non-hydrogen) atoms. The number of nitrogens with zero attached hydrogens (tertiary/aromatic N) is 4. The van der Waals surface area contributed by atoms with Crippen molar-refractivity contribution < 1.29 is 0 Å². The summed E-state index contributed by atoms with van der Waals surface area (Å²) in [6.45, 7) is 4.78. The molecule has 0 spiro atoms. The zero-order valence-electron chi connectivity index (χ0n) is 15.1. The summed E-state index contributed by atoms with van der Waals surface area (Å²) in [5.41, 5.74) is 8.33. The van der Waals surface area contributed by atoms with Crippen LogP contribution in [0, 0.1) is 5.92 Å². The number of nitrogens with one attached hydrogen (secondary N) is 1. The van der Waals surface area contributed by atoms with Gasteiger partial charge >= 0.3 is 0 Å². The topological polar surface area (TPSA) is 79.4 Å². The van der Waals surface area contributed by atoms with Crippen LogP contribution in [0.3, 0.4) is 0 Å². The van der Waals surface area contributed by atoms with E-state index in [1.807, 2.05) is 18.2 Å². The molecule has 140 valence electrons. The Kier molecular flexibility index (Phi) is 8.08. The molecule has 0 radical (unpaired) electrons. The van der Waals surface area contributed by atoms with Gasteiger partial charge in [0.1, 0.15) is 0 Å². The number of guanidine groups is 1. The molecule has 0 bridgehead atoms. The first-order valence-corrected chi connectivity index (χ1v) is 8.92. The van der Waals surface area contributed by atoms with Gasteiger partial charge < -0.3 is 16.0 Å². The summed E-state index contributed by atoms with van der Waals surface area (Å²) in [6.07, 6.45) is 6.87. The highest BCUT2D eigenvalue weighted by molar-refractivity contribution is 14.0. The fraction of sp³-hybridized carbons (Fsp3) is 0.421. The summed E-state index contributed by atoms with van der Waals surface area (Å²) in [4.78, 5) is 15.5. The van der Waals surface area contributed by atoms with Gasteiger partial charge in [-0.15, -0.1) is 24.0 Å². The quantitative estimate of drug-likeness (QED) is 0.402. The van der Waals surface area contributed by atoms with Gasteiger partial charge in [-0.2, -0.15) is 0 Å². The second kappa shape index (κ2) is 10.3. The van der Waals surface area contributed by atoms with E-state index >= 15 is 0 Å². The number of aliphatic imine (C=N–C) groups is 1. The fourth-order valence-electron chi connectivity index (χ4n) is 3.13. The van der Waals surface area contributed by atoms with Crippen LogP contribution >= 0.6 is 24.0 Å². The Morgan fingerprint density at radius 2 is 2.12 bits per heavy atom. The summed E-state index contributed by atoms with van der Waals surface area (Å²) in [5, 5.41) is 3.19. The second-order valence-corrected chi connectivity index (χ2v) is 6.41. The summed E-state index contributed by atoms with van der Waals surface area (Å²) in [7, 11) is 0. The first-order valence-electron chi connectivity index (χ1n) is 8.92. The normalized spacial score (nSPS) is 17.5. The molecule has 1 aromatic heterocycles. The number of nitrogens with two attached hydrogens (primary N) is 1. The van der Waals surface area contributed by atoms with Crippen molar-refractivity contribution in [2.24, 2.45) is 16.6 Å². The first-order chi connectivity index (χ1) is 12.2. The summed E-state index contributed by atoms with van der Waals surface area (Å²) in [6, 6.07) is 10.1. The predicted octanol–water partition coefficient (Wildman–Crippen LogP) is 3.30. The van der Waals surface area contributed by atoms with Crippen LogP contribution in [-0.4, -0.2) is 35.6 Å². The van der Waals surface area contributed by atoms with Gasteiger partial charge in [0.15, 0.2) is 5.96 Å². The van der Waals surface area contributed by atoms with Crippen LogP contribution < -0.4 is 16.0 Å². The average Bonchev–Trinajstić information content (AvgIpc) is 2.67. The molecular weight excluding hydrogens is 439 g/mol. The zero-order chi connectivity index (χ0) is 17.5. The van der Waals surface area contributed by atoms with Crippen molar-refractivity contribution in [1.82, 2.24) is 9.97 Å². The van der Waals surface area contributed by atoms with Crippen LogP contribution in [0.15, 0.2) is 47.7 Å². The van der Waals surface area contributed by atoms with Crippen molar-refractivity contribution in [2.75, 3.05) is 29.9 Å². The maximum atomic E-state index is 6.06. The van der Waals surface area contributed by atoms with Gasteiger partial charge in [0.2, 0.25) is 5.95 Å². The van der Waals surface area contributed by atoms with E-state index in [-0.39, 0.29) is 24.0 Å². The molecule has 3 N–H and O–H groups in total. The highest BCUT2D eigenvalue weighted by Gasteiger charge is 2.21. The van der Waals surface area contributed by atoms with Crippen LogP contribution in [0.25, 0.3) is 0 Å². The van der Waals surface area contributed by atoms with Gasteiger partial charge in [-0.05, 0) is 48.9 Å². The van der Waals surface area contributed by atoms with Gasteiger partial charge in [-0.25, -0.2) is 9.97 Å². The van der Waals surface area contributed by atoms with E-state index in [4.69, 9.17) is 5.73 Å². The lowest BCUT2D eigenvalue weighted by Crippen LogP contribution is -2.38. The summed E-state index contributed by atoms with van der Waals surface area (Å²) in [5.74, 6) is 1.75. The fourth-order valence-corrected chi connectivity index (χ4v) is 3.13. The third kappa shape index (κ3) is 5.82. The van der Waals surface area contributed by atoms with E-state index in [9.17, 15) is 0 Å². The zero-order valence-corrected chi connectivity index (χ0v) is 17.5. The number of benzene rings is 1. The van der Waals surface area contributed by atoms with Gasteiger partial charge in [0.05, 0.1) is 0 Å². The Morgan fingerprint density at radius 3 is 2.88 bits per heavy atom. The molecular formula is C19H27IN6. The lowest BCUT2D eigenvalue weighted by molar-refractivity contribution is 0.420. The van der Waals surface area contributed by atoms with Gasteiger partial charge in [-0.3, -0.25) is 4.99 Å². The van der Waals surface area contributed by atoms with Gasteiger partial charge in [-0.1, -0.05) is 19.1 Å². The molecule has 1 unspecified atom stereocenters. The highest BCUT2D eigenvalue weighted by Crippen LogP contribution is 2.20. The van der Waals surface area contributed by atoms with Crippen molar-refractivity contribution >= 4 is 41.6 Å². The number of piperidine rings is 1. The number of aryl methyl sites for hydroxylation is 1. The Morgan fingerprint density at radius 1 is 1.31 bits per heavy atom. The average molecular weight is 466 g/mol. The smallest absolute Gasteiger partial charge is 0.225 e. The van der Waals surface area contributed by atoms with Crippen molar-refractivity contribution in [1.29, 1.82) is 0 Å². The van der Waals surface area contributed by atoms with E-state index in [0.717, 1.165) is 50.5 Å². The molecule has 1 aliphatic heterocycles. The molecule has 1 aromatic carbocycles. The van der Waals surface area contributed by atoms with Crippen molar-refractivity contribution in [3.05, 3.63) is 48.3 Å². The van der Waals surface area contributed by atoms with Crippen LogP contribution in [0.4, 0.5) is 11.6 Å². The largest absolute Gasteiger partial charge is 0.370 e. The van der Waals surface area contributed by atoms with E-state index in [0.29, 0.717) is 11.9 Å². The number of aromatic nitrogens is 2. The predicted molar refractivity (Wildman–Crippen MR) is 118 cm³/mol. The molecule has 1 fully saturated rings. The van der Waals surface area contributed by atoms with Crippen LogP contribution in [0.1, 0.15) is 25.3 Å². The van der Waals surface area contributed by atoms with Gasteiger partial charge in [0, 0.05) is 37.7 Å². The number of hydrogen-bond donors (Lipinski definition) is 2. The molecule has 0 amide bonds. The maximum absolute atomic E-state index is 6.06. The van der Waals surface area contributed by atoms with Crippen LogP contribution in [-0.2, 0) is 6.42 Å². The summed E-state index contributed by atoms with van der Waals surface area (Å²) < 4.78 is 0. The number of anilines is 2. The lowest BCUT2D eigenvalue weighted by Gasteiger charge is -2.31. The third-order valence-corrected chi connectivity index (χ3v) is 4.48. The Hall–Kier alpha value is -1.90. The van der Waals surface area contributed by atoms with Crippen molar-refractivity contribution in [3.8, 4) is 0 Å². The number of hydrogen-bond acceptors (Lipinski definition) is 4. The van der Waals surface area contributed by atoms with E-state index in [2.05, 4.69) is 44.2 Å². The molecule has 6 nitrogen and oxygen atoms in total. The maximum Gasteiger partial charge on any atom is 0.225 e. The minimum Gasteiger partial charge on any atom is -0.370 e. The molecule has 1 aliphatic rings. The van der Waals surface area contributed by atoms with Crippen LogP contribution in [0.5, 0.6) is 0 Å². The van der Waals surface area contributed by atoms with Crippen molar-refractivity contribution in [2.45, 2.75) is 26.2 Å². The molecule has 7 heteroatoms. The molecule has 2 aromatic rings. The van der Waals surface area contributed by atoms with Crippen molar-refractivity contribution in [3.63, 3.8) is 0 Å². The SMILES string of the molecule is CCc1cccc(NC(N)=NCC2CCCN(c3ncccn3)C2)c1.I. The third-order valence-electron chi connectivity index (χ3n) is 4.48. The van der Waals surface area contributed by atoms with Gasteiger partial charge in [0.25, 0.3) is 0 Å². The highest BCUT2D eigenvalue weighted by atomic mass is 127. The molecule has 0 aliphatic carbocycles. The van der Waals surface area contributed by atoms with E-state index in [1.54, 1.807) is 12.4 Å².